The molecule has 0 saturated heterocycles. The molecule has 0 fully saturated rings. The van der Waals surface area contributed by atoms with Gasteiger partial charge in [-0.3, -0.25) is 0 Å². The highest BCUT2D eigenvalue weighted by molar-refractivity contribution is 5.26. The van der Waals surface area contributed by atoms with E-state index < -0.39 is 0 Å². The third kappa shape index (κ3) is 2.61. The van der Waals surface area contributed by atoms with Crippen molar-refractivity contribution in [2.45, 2.75) is 40.2 Å². The second-order valence-electron chi connectivity index (χ2n) is 4.31. The van der Waals surface area contributed by atoms with Gasteiger partial charge in [0.05, 0.1) is 0 Å². The molecule has 0 atom stereocenters. The average Bonchev–Trinajstić information content (AvgIpc) is 2.33. The summed E-state index contributed by atoms with van der Waals surface area (Å²) in [6.07, 6.45) is 1.13. The van der Waals surface area contributed by atoms with Gasteiger partial charge in [0.1, 0.15) is 0 Å². The van der Waals surface area contributed by atoms with Crippen LogP contribution in [0.5, 0.6) is 0 Å². The summed E-state index contributed by atoms with van der Waals surface area (Å²) >= 11 is 0. The zero-order valence-corrected chi connectivity index (χ0v) is 10.0. The number of aryl methyl sites for hydroxylation is 1. The first-order chi connectivity index (χ1) is 6.52. The Hall–Kier alpha value is -0.760. The molecule has 1 rings (SSSR count). The summed E-state index contributed by atoms with van der Waals surface area (Å²) in [6.45, 7) is 9.79. The van der Waals surface area contributed by atoms with Crippen molar-refractivity contribution < 1.29 is 0 Å². The molecule has 2 heteroatoms. The van der Waals surface area contributed by atoms with Crippen molar-refractivity contribution >= 4 is 0 Å². The molecule has 0 aliphatic heterocycles. The molecule has 0 spiro atoms. The van der Waals surface area contributed by atoms with Gasteiger partial charge in [0.15, 0.2) is 0 Å². The van der Waals surface area contributed by atoms with Gasteiger partial charge in [0.2, 0.25) is 0 Å². The monoisotopic (exact) mass is 194 g/mol. The van der Waals surface area contributed by atoms with Crippen LogP contribution in [0.4, 0.5) is 0 Å². The summed E-state index contributed by atoms with van der Waals surface area (Å²) in [5.41, 5.74) is 4.22. The minimum absolute atomic E-state index is 0.583. The van der Waals surface area contributed by atoms with E-state index in [0.717, 1.165) is 13.0 Å². The largest absolute Gasteiger partial charge is 0.352 e. The zero-order valence-electron chi connectivity index (χ0n) is 10.0. The van der Waals surface area contributed by atoms with Crippen molar-refractivity contribution in [2.75, 3.05) is 6.54 Å². The van der Waals surface area contributed by atoms with Crippen LogP contribution in [0.3, 0.4) is 0 Å². The molecule has 0 aliphatic carbocycles. The second-order valence-corrected chi connectivity index (χ2v) is 4.31. The minimum atomic E-state index is 0.583. The first kappa shape index (κ1) is 11.3. The van der Waals surface area contributed by atoms with E-state index in [-0.39, 0.29) is 0 Å². The summed E-state index contributed by atoms with van der Waals surface area (Å²) in [5.74, 6) is 0. The smallest absolute Gasteiger partial charge is 0.0175 e. The molecule has 0 aliphatic rings. The summed E-state index contributed by atoms with van der Waals surface area (Å²) in [6, 6.07) is 2.87. The number of aromatic nitrogens is 1. The van der Waals surface area contributed by atoms with Crippen molar-refractivity contribution in [3.63, 3.8) is 0 Å². The maximum absolute atomic E-state index is 3.44. The van der Waals surface area contributed by atoms with E-state index >= 15 is 0 Å². The van der Waals surface area contributed by atoms with Gasteiger partial charge in [0.25, 0.3) is 0 Å². The third-order valence-electron chi connectivity index (χ3n) is 2.83. The van der Waals surface area contributed by atoms with Crippen LogP contribution in [0.15, 0.2) is 6.07 Å². The predicted molar refractivity (Wildman–Crippen MR) is 61.7 cm³/mol. The Labute approximate surface area is 87.3 Å². The molecule has 0 bridgehead atoms. The Morgan fingerprint density at radius 3 is 2.43 bits per heavy atom. The van der Waals surface area contributed by atoms with Crippen LogP contribution in [-0.4, -0.2) is 17.2 Å². The van der Waals surface area contributed by atoms with Crippen LogP contribution in [0.1, 0.15) is 30.8 Å². The molecule has 80 valence electrons. The van der Waals surface area contributed by atoms with E-state index in [4.69, 9.17) is 0 Å². The van der Waals surface area contributed by atoms with E-state index in [2.05, 4.69) is 50.7 Å². The van der Waals surface area contributed by atoms with Gasteiger partial charge in [-0.1, -0.05) is 13.8 Å². The van der Waals surface area contributed by atoms with Crippen LogP contribution in [-0.2, 0) is 13.5 Å². The Bertz CT molecular complexity index is 298. The summed E-state index contributed by atoms with van der Waals surface area (Å²) < 4.78 is 2.25. The number of nitrogens with zero attached hydrogens (tertiary/aromatic N) is 1. The van der Waals surface area contributed by atoms with E-state index in [0.29, 0.717) is 6.04 Å². The van der Waals surface area contributed by atoms with Crippen molar-refractivity contribution in [3.8, 4) is 0 Å². The molecule has 14 heavy (non-hydrogen) atoms. The van der Waals surface area contributed by atoms with E-state index in [9.17, 15) is 0 Å². The number of hydrogen-bond donors (Lipinski definition) is 1. The fraction of sp³-hybridized carbons (Fsp3) is 0.667. The molecule has 2 nitrogen and oxygen atoms in total. The standard InChI is InChI=1S/C12H22N2/c1-9(2)13-7-6-12-8-10(3)14(5)11(12)4/h8-9,13H,6-7H2,1-5H3. The summed E-state index contributed by atoms with van der Waals surface area (Å²) in [5, 5.41) is 3.44. The second kappa shape index (κ2) is 4.65. The zero-order chi connectivity index (χ0) is 10.7. The number of nitrogens with one attached hydrogen (secondary N) is 1. The van der Waals surface area contributed by atoms with Gasteiger partial charge in [-0.2, -0.15) is 0 Å². The summed E-state index contributed by atoms with van der Waals surface area (Å²) in [7, 11) is 2.13. The first-order valence-electron chi connectivity index (χ1n) is 5.37. The summed E-state index contributed by atoms with van der Waals surface area (Å²) in [4.78, 5) is 0. The molecule has 0 aromatic carbocycles. The maximum Gasteiger partial charge on any atom is 0.0175 e. The molecule has 0 amide bonds. The molecule has 1 N–H and O–H groups in total. The first-order valence-corrected chi connectivity index (χ1v) is 5.37. The van der Waals surface area contributed by atoms with Gasteiger partial charge in [-0.15, -0.1) is 0 Å². The fourth-order valence-corrected chi connectivity index (χ4v) is 1.68. The lowest BCUT2D eigenvalue weighted by Gasteiger charge is -2.07. The van der Waals surface area contributed by atoms with Crippen LogP contribution in [0.2, 0.25) is 0 Å². The third-order valence-corrected chi connectivity index (χ3v) is 2.83. The van der Waals surface area contributed by atoms with Crippen LogP contribution >= 0.6 is 0 Å². The van der Waals surface area contributed by atoms with Crippen molar-refractivity contribution in [1.29, 1.82) is 0 Å². The molecular weight excluding hydrogens is 172 g/mol. The average molecular weight is 194 g/mol. The molecular formula is C12H22N2. The topological polar surface area (TPSA) is 17.0 Å². The normalized spacial score (nSPS) is 11.3. The van der Waals surface area contributed by atoms with Crippen LogP contribution in [0, 0.1) is 13.8 Å². The quantitative estimate of drug-likeness (QED) is 0.777. The van der Waals surface area contributed by atoms with Crippen LogP contribution < -0.4 is 5.32 Å². The lowest BCUT2D eigenvalue weighted by molar-refractivity contribution is 0.589. The Balaban J connectivity index is 2.55. The number of hydrogen-bond acceptors (Lipinski definition) is 1. The lowest BCUT2D eigenvalue weighted by atomic mass is 10.2. The lowest BCUT2D eigenvalue weighted by Crippen LogP contribution is -2.25. The van der Waals surface area contributed by atoms with Crippen molar-refractivity contribution in [3.05, 3.63) is 23.0 Å². The fourth-order valence-electron chi connectivity index (χ4n) is 1.68. The van der Waals surface area contributed by atoms with Crippen molar-refractivity contribution in [2.24, 2.45) is 7.05 Å². The van der Waals surface area contributed by atoms with Gasteiger partial charge in [0, 0.05) is 24.5 Å². The van der Waals surface area contributed by atoms with Gasteiger partial charge in [-0.25, -0.2) is 0 Å². The molecule has 1 heterocycles. The SMILES string of the molecule is Cc1cc(CCNC(C)C)c(C)n1C. The molecule has 0 saturated carbocycles. The maximum atomic E-state index is 3.44. The van der Waals surface area contributed by atoms with Gasteiger partial charge >= 0.3 is 0 Å². The van der Waals surface area contributed by atoms with E-state index in [1.165, 1.54) is 17.0 Å². The molecule has 1 aromatic heterocycles. The Morgan fingerprint density at radius 1 is 1.36 bits per heavy atom. The highest BCUT2D eigenvalue weighted by Gasteiger charge is 2.05. The Morgan fingerprint density at radius 2 is 2.00 bits per heavy atom. The minimum Gasteiger partial charge on any atom is -0.352 e. The highest BCUT2D eigenvalue weighted by Crippen LogP contribution is 2.13. The van der Waals surface area contributed by atoms with E-state index in [1.54, 1.807) is 0 Å². The number of rotatable bonds is 4. The van der Waals surface area contributed by atoms with Crippen molar-refractivity contribution in [1.82, 2.24) is 9.88 Å². The van der Waals surface area contributed by atoms with E-state index in [1.807, 2.05) is 0 Å². The van der Waals surface area contributed by atoms with Gasteiger partial charge < -0.3 is 9.88 Å². The molecule has 0 radical (unpaired) electrons. The predicted octanol–water partition coefficient (Wildman–Crippen LogP) is 2.18. The van der Waals surface area contributed by atoms with Crippen LogP contribution in [0.25, 0.3) is 0 Å². The molecule has 0 unspecified atom stereocenters. The highest BCUT2D eigenvalue weighted by atomic mass is 15.0. The van der Waals surface area contributed by atoms with Gasteiger partial charge in [-0.05, 0) is 38.4 Å². The Kier molecular flexibility index (Phi) is 3.76. The molecule has 1 aromatic rings.